The number of halogens is 1. The highest BCUT2D eigenvalue weighted by atomic mass is 19.1. The number of aryl methyl sites for hydroxylation is 2. The van der Waals surface area contributed by atoms with Crippen molar-refractivity contribution in [2.24, 2.45) is 11.8 Å². The van der Waals surface area contributed by atoms with Crippen LogP contribution in [0.3, 0.4) is 0 Å². The van der Waals surface area contributed by atoms with Gasteiger partial charge in [-0.15, -0.1) is 13.2 Å². The molecule has 0 nitrogen and oxygen atoms in total. The van der Waals surface area contributed by atoms with Gasteiger partial charge in [-0.2, -0.15) is 0 Å². The molecule has 0 atom stereocenters. The first-order valence-corrected chi connectivity index (χ1v) is 13.2. The van der Waals surface area contributed by atoms with Crippen LogP contribution in [0.4, 0.5) is 4.39 Å². The molecule has 35 heavy (non-hydrogen) atoms. The van der Waals surface area contributed by atoms with Crippen molar-refractivity contribution < 1.29 is 4.39 Å². The number of benzene rings is 3. The average Bonchev–Trinajstić information content (AvgIpc) is 2.90. The van der Waals surface area contributed by atoms with Gasteiger partial charge in [0.25, 0.3) is 0 Å². The lowest BCUT2D eigenvalue weighted by molar-refractivity contribution is 0.254. The molecule has 0 spiro atoms. The zero-order valence-corrected chi connectivity index (χ0v) is 20.9. The van der Waals surface area contributed by atoms with Crippen molar-refractivity contribution in [3.63, 3.8) is 0 Å². The van der Waals surface area contributed by atoms with E-state index in [1.165, 1.54) is 49.7 Å². The second-order valence-corrected chi connectivity index (χ2v) is 10.0. The van der Waals surface area contributed by atoms with E-state index in [4.69, 9.17) is 0 Å². The smallest absolute Gasteiger partial charge is 0.146 e. The molecule has 0 saturated heterocycles. The highest BCUT2D eigenvalue weighted by Crippen LogP contribution is 2.34. The Labute approximate surface area is 211 Å². The van der Waals surface area contributed by atoms with E-state index in [0.717, 1.165) is 48.5 Å². The van der Waals surface area contributed by atoms with Crippen LogP contribution in [0.2, 0.25) is 0 Å². The van der Waals surface area contributed by atoms with Crippen LogP contribution in [-0.2, 0) is 12.8 Å². The van der Waals surface area contributed by atoms with Crippen molar-refractivity contribution in [3.8, 4) is 11.8 Å². The van der Waals surface area contributed by atoms with E-state index in [1.807, 2.05) is 24.3 Å². The Hall–Kier alpha value is -3.11. The predicted octanol–water partition coefficient (Wildman–Crippen LogP) is 9.20. The Morgan fingerprint density at radius 1 is 0.743 bits per heavy atom. The molecule has 0 N–H and O–H groups in total. The van der Waals surface area contributed by atoms with Crippen molar-refractivity contribution >= 4 is 10.8 Å². The summed E-state index contributed by atoms with van der Waals surface area (Å²) in [5.74, 6) is 7.74. The third kappa shape index (κ3) is 6.95. The maximum Gasteiger partial charge on any atom is 0.146 e. The van der Waals surface area contributed by atoms with Crippen LogP contribution in [0.1, 0.15) is 73.6 Å². The number of fused-ring (bicyclic) bond motifs is 1. The minimum absolute atomic E-state index is 0.235. The molecular formula is C34H37F. The number of hydrogen-bond donors (Lipinski definition) is 0. The third-order valence-corrected chi connectivity index (χ3v) is 7.54. The molecule has 0 radical (unpaired) electrons. The fraction of sp³-hybridized carbons (Fsp3) is 0.353. The zero-order chi connectivity index (χ0) is 24.5. The topological polar surface area (TPSA) is 0 Å². The number of allylic oxidation sites excluding steroid dienone is 2. The quantitative estimate of drug-likeness (QED) is 0.219. The average molecular weight is 465 g/mol. The lowest BCUT2D eigenvalue weighted by Crippen LogP contribution is -2.15. The maximum atomic E-state index is 15.1. The van der Waals surface area contributed by atoms with Gasteiger partial charge >= 0.3 is 0 Å². The summed E-state index contributed by atoms with van der Waals surface area (Å²) in [5, 5.41) is 1.55. The zero-order valence-electron chi connectivity index (χ0n) is 20.9. The van der Waals surface area contributed by atoms with Gasteiger partial charge in [-0.25, -0.2) is 4.39 Å². The second-order valence-electron chi connectivity index (χ2n) is 10.0. The standard InChI is InChI=1S/C34H37F/c1-3-5-7-26-9-11-27(12-10-26)13-14-28-15-17-29(18-16-28)19-21-31-22-23-32-25-30(8-6-4-2)20-24-33(32)34(31)35/h3-4,15-18,20,22-27H,1-2,5-14H2. The van der Waals surface area contributed by atoms with Crippen molar-refractivity contribution in [3.05, 3.63) is 108 Å². The summed E-state index contributed by atoms with van der Waals surface area (Å²) in [5.41, 5.74) is 3.94. The predicted molar refractivity (Wildman–Crippen MR) is 148 cm³/mol. The third-order valence-electron chi connectivity index (χ3n) is 7.54. The Kier molecular flexibility index (Phi) is 8.96. The van der Waals surface area contributed by atoms with Crippen molar-refractivity contribution in [1.29, 1.82) is 0 Å². The molecule has 1 saturated carbocycles. The largest absolute Gasteiger partial charge is 0.205 e. The monoisotopic (exact) mass is 464 g/mol. The first kappa shape index (κ1) is 25.0. The molecule has 3 aromatic rings. The van der Waals surface area contributed by atoms with Crippen LogP contribution in [0.15, 0.2) is 79.9 Å². The first-order valence-electron chi connectivity index (χ1n) is 13.2. The second kappa shape index (κ2) is 12.6. The van der Waals surface area contributed by atoms with Gasteiger partial charge in [0.1, 0.15) is 5.82 Å². The van der Waals surface area contributed by atoms with Gasteiger partial charge in [-0.3, -0.25) is 0 Å². The molecule has 1 heteroatoms. The lowest BCUT2D eigenvalue weighted by atomic mass is 9.78. The van der Waals surface area contributed by atoms with E-state index in [9.17, 15) is 0 Å². The molecular weight excluding hydrogens is 427 g/mol. The van der Waals surface area contributed by atoms with Gasteiger partial charge < -0.3 is 0 Å². The molecule has 4 rings (SSSR count). The molecule has 1 aliphatic carbocycles. The molecule has 3 aromatic carbocycles. The SMILES string of the molecule is C=CCCc1ccc2c(F)c(C#Cc3ccc(CCC4CCC(CCC=C)CC4)cc3)ccc2c1. The summed E-state index contributed by atoms with van der Waals surface area (Å²) in [7, 11) is 0. The van der Waals surface area contributed by atoms with Gasteiger partial charge in [0, 0.05) is 10.9 Å². The highest BCUT2D eigenvalue weighted by Gasteiger charge is 2.20. The van der Waals surface area contributed by atoms with Gasteiger partial charge in [0.05, 0.1) is 5.56 Å². The van der Waals surface area contributed by atoms with Gasteiger partial charge in [0.2, 0.25) is 0 Å². The van der Waals surface area contributed by atoms with Crippen molar-refractivity contribution in [1.82, 2.24) is 0 Å². The molecule has 1 aliphatic rings. The molecule has 0 amide bonds. The normalized spacial score (nSPS) is 17.5. The summed E-state index contributed by atoms with van der Waals surface area (Å²) in [6.07, 6.45) is 16.2. The van der Waals surface area contributed by atoms with Crippen LogP contribution in [0, 0.1) is 29.5 Å². The van der Waals surface area contributed by atoms with Crippen LogP contribution < -0.4 is 0 Å². The maximum absolute atomic E-state index is 15.1. The van der Waals surface area contributed by atoms with Gasteiger partial charge in [-0.1, -0.05) is 86.1 Å². The summed E-state index contributed by atoms with van der Waals surface area (Å²) >= 11 is 0. The summed E-state index contributed by atoms with van der Waals surface area (Å²) in [6, 6.07) is 18.2. The van der Waals surface area contributed by atoms with Crippen LogP contribution in [-0.4, -0.2) is 0 Å². The molecule has 180 valence electrons. The van der Waals surface area contributed by atoms with E-state index in [-0.39, 0.29) is 5.82 Å². The minimum Gasteiger partial charge on any atom is -0.205 e. The summed E-state index contributed by atoms with van der Waals surface area (Å²) < 4.78 is 15.1. The Bertz CT molecular complexity index is 1200. The molecule has 1 fully saturated rings. The lowest BCUT2D eigenvalue weighted by Gasteiger charge is -2.28. The Morgan fingerprint density at radius 3 is 2.14 bits per heavy atom. The van der Waals surface area contributed by atoms with Crippen LogP contribution in [0.5, 0.6) is 0 Å². The van der Waals surface area contributed by atoms with E-state index < -0.39 is 0 Å². The van der Waals surface area contributed by atoms with E-state index in [2.05, 4.69) is 61.4 Å². The van der Waals surface area contributed by atoms with Crippen LogP contribution >= 0.6 is 0 Å². The first-order chi connectivity index (χ1) is 17.2. The molecule has 0 unspecified atom stereocenters. The van der Waals surface area contributed by atoms with E-state index >= 15 is 4.39 Å². The summed E-state index contributed by atoms with van der Waals surface area (Å²) in [4.78, 5) is 0. The minimum atomic E-state index is -0.235. The van der Waals surface area contributed by atoms with E-state index in [0.29, 0.717) is 10.9 Å². The number of rotatable bonds is 9. The van der Waals surface area contributed by atoms with Crippen molar-refractivity contribution in [2.75, 3.05) is 0 Å². The Balaban J connectivity index is 1.33. The molecule has 0 heterocycles. The number of hydrogen-bond acceptors (Lipinski definition) is 0. The molecule has 0 aliphatic heterocycles. The van der Waals surface area contributed by atoms with Crippen molar-refractivity contribution in [2.45, 2.75) is 64.2 Å². The molecule has 0 bridgehead atoms. The fourth-order valence-corrected chi connectivity index (χ4v) is 5.29. The Morgan fingerprint density at radius 2 is 1.43 bits per heavy atom. The summed E-state index contributed by atoms with van der Waals surface area (Å²) in [6.45, 7) is 7.63. The van der Waals surface area contributed by atoms with E-state index in [1.54, 1.807) is 6.07 Å². The molecule has 0 aromatic heterocycles. The van der Waals surface area contributed by atoms with Crippen LogP contribution in [0.25, 0.3) is 10.8 Å². The van der Waals surface area contributed by atoms with Gasteiger partial charge in [-0.05, 0) is 85.1 Å². The van der Waals surface area contributed by atoms with Gasteiger partial charge in [0.15, 0.2) is 0 Å². The highest BCUT2D eigenvalue weighted by molar-refractivity contribution is 5.85. The fourth-order valence-electron chi connectivity index (χ4n) is 5.29.